The first-order valence-corrected chi connectivity index (χ1v) is 7.40. The summed E-state index contributed by atoms with van der Waals surface area (Å²) in [6.45, 7) is 2.82. The van der Waals surface area contributed by atoms with E-state index in [0.29, 0.717) is 18.8 Å². The molecule has 1 aromatic heterocycles. The second kappa shape index (κ2) is 5.06. The van der Waals surface area contributed by atoms with E-state index in [-0.39, 0.29) is 6.42 Å². The number of likely N-dealkylation sites (N-methyl/N-ethyl adjacent to an activating group) is 1. The molecule has 3 rings (SSSR count). The van der Waals surface area contributed by atoms with Crippen LogP contribution in [0.1, 0.15) is 32.1 Å². The summed E-state index contributed by atoms with van der Waals surface area (Å²) < 4.78 is 28.6. The Morgan fingerprint density at radius 2 is 1.85 bits per heavy atom. The molecule has 4 nitrogen and oxygen atoms in total. The predicted molar refractivity (Wildman–Crippen MR) is 71.5 cm³/mol. The number of aromatic nitrogens is 3. The van der Waals surface area contributed by atoms with Crippen molar-refractivity contribution in [2.75, 3.05) is 20.1 Å². The SMILES string of the molecule is CN(CCn1cnnc1)CC1CCC2(CC1)CC2(F)F. The Morgan fingerprint density at radius 1 is 1.25 bits per heavy atom. The van der Waals surface area contributed by atoms with Crippen LogP contribution in [-0.2, 0) is 6.54 Å². The van der Waals surface area contributed by atoms with Crippen LogP contribution in [0.4, 0.5) is 8.78 Å². The Bertz CT molecular complexity index is 438. The van der Waals surface area contributed by atoms with Gasteiger partial charge in [0.1, 0.15) is 12.7 Å². The zero-order valence-corrected chi connectivity index (χ0v) is 11.9. The van der Waals surface area contributed by atoms with Crippen molar-refractivity contribution in [2.45, 2.75) is 44.6 Å². The molecule has 0 atom stereocenters. The molecule has 0 radical (unpaired) electrons. The zero-order chi connectivity index (χ0) is 14.2. The van der Waals surface area contributed by atoms with Crippen LogP contribution in [0.25, 0.3) is 0 Å². The van der Waals surface area contributed by atoms with Crippen molar-refractivity contribution < 1.29 is 8.78 Å². The Balaban J connectivity index is 1.39. The molecular formula is C14H22F2N4. The molecule has 0 amide bonds. The van der Waals surface area contributed by atoms with Crippen molar-refractivity contribution in [3.05, 3.63) is 12.7 Å². The van der Waals surface area contributed by atoms with E-state index in [0.717, 1.165) is 32.5 Å². The van der Waals surface area contributed by atoms with Crippen LogP contribution >= 0.6 is 0 Å². The maximum absolute atomic E-state index is 13.3. The summed E-state index contributed by atoms with van der Waals surface area (Å²) >= 11 is 0. The lowest BCUT2D eigenvalue weighted by Crippen LogP contribution is -2.32. The zero-order valence-electron chi connectivity index (χ0n) is 11.9. The van der Waals surface area contributed by atoms with Crippen molar-refractivity contribution >= 4 is 0 Å². The third kappa shape index (κ3) is 2.71. The van der Waals surface area contributed by atoms with Gasteiger partial charge in [0, 0.05) is 31.5 Å². The van der Waals surface area contributed by atoms with Gasteiger partial charge in [0.25, 0.3) is 5.92 Å². The Kier molecular flexibility index (Phi) is 3.52. The first kappa shape index (κ1) is 13.9. The molecule has 1 heterocycles. The topological polar surface area (TPSA) is 34.0 Å². The highest BCUT2D eigenvalue weighted by molar-refractivity contribution is 5.11. The van der Waals surface area contributed by atoms with Gasteiger partial charge in [0.2, 0.25) is 0 Å². The molecule has 0 N–H and O–H groups in total. The summed E-state index contributed by atoms with van der Waals surface area (Å²) in [6.07, 6.45) is 6.89. The van der Waals surface area contributed by atoms with E-state index in [2.05, 4.69) is 22.1 Å². The van der Waals surface area contributed by atoms with Crippen molar-refractivity contribution in [3.63, 3.8) is 0 Å². The Hall–Kier alpha value is -1.04. The fourth-order valence-electron chi connectivity index (χ4n) is 3.49. The van der Waals surface area contributed by atoms with Gasteiger partial charge in [-0.05, 0) is 38.6 Å². The van der Waals surface area contributed by atoms with E-state index < -0.39 is 11.3 Å². The van der Waals surface area contributed by atoms with Gasteiger partial charge in [0.05, 0.1) is 0 Å². The maximum atomic E-state index is 13.3. The molecule has 0 bridgehead atoms. The third-order valence-corrected chi connectivity index (χ3v) is 5.05. The van der Waals surface area contributed by atoms with Crippen LogP contribution < -0.4 is 0 Å². The molecule has 2 fully saturated rings. The monoisotopic (exact) mass is 284 g/mol. The van der Waals surface area contributed by atoms with Crippen LogP contribution in [0.2, 0.25) is 0 Å². The molecular weight excluding hydrogens is 262 g/mol. The van der Waals surface area contributed by atoms with Crippen molar-refractivity contribution in [1.82, 2.24) is 19.7 Å². The largest absolute Gasteiger partial charge is 0.319 e. The molecule has 6 heteroatoms. The van der Waals surface area contributed by atoms with Gasteiger partial charge in [0.15, 0.2) is 0 Å². The van der Waals surface area contributed by atoms with Gasteiger partial charge in [-0.3, -0.25) is 0 Å². The standard InChI is InChI=1S/C14H22F2N4/c1-19(6-7-20-10-17-18-11-20)8-12-2-4-13(5-3-12)9-14(13,15)16/h10-12H,2-9H2,1H3. The minimum absolute atomic E-state index is 0.135. The molecule has 0 unspecified atom stereocenters. The van der Waals surface area contributed by atoms with Crippen LogP contribution in [0, 0.1) is 11.3 Å². The molecule has 0 saturated heterocycles. The van der Waals surface area contributed by atoms with Gasteiger partial charge < -0.3 is 9.47 Å². The van der Waals surface area contributed by atoms with Gasteiger partial charge >= 0.3 is 0 Å². The van der Waals surface area contributed by atoms with E-state index >= 15 is 0 Å². The minimum Gasteiger partial charge on any atom is -0.319 e. The molecule has 1 aromatic rings. The summed E-state index contributed by atoms with van der Waals surface area (Å²) in [5.41, 5.74) is -0.607. The highest BCUT2D eigenvalue weighted by Crippen LogP contribution is 2.67. The van der Waals surface area contributed by atoms with E-state index in [1.165, 1.54) is 0 Å². The van der Waals surface area contributed by atoms with Crippen LogP contribution in [-0.4, -0.2) is 45.7 Å². The van der Waals surface area contributed by atoms with Gasteiger partial charge in [-0.1, -0.05) is 0 Å². The summed E-state index contributed by atoms with van der Waals surface area (Å²) in [5, 5.41) is 7.55. The fourth-order valence-corrected chi connectivity index (χ4v) is 3.49. The number of halogens is 2. The number of alkyl halides is 2. The lowest BCUT2D eigenvalue weighted by molar-refractivity contribution is 0.0376. The number of rotatable bonds is 5. The van der Waals surface area contributed by atoms with E-state index in [1.54, 1.807) is 12.7 Å². The van der Waals surface area contributed by atoms with Crippen molar-refractivity contribution in [1.29, 1.82) is 0 Å². The van der Waals surface area contributed by atoms with Gasteiger partial charge in [-0.25, -0.2) is 8.78 Å². The fraction of sp³-hybridized carbons (Fsp3) is 0.857. The second-order valence-electron chi connectivity index (χ2n) is 6.57. The first-order valence-electron chi connectivity index (χ1n) is 7.40. The third-order valence-electron chi connectivity index (χ3n) is 5.05. The number of hydrogen-bond acceptors (Lipinski definition) is 3. The smallest absolute Gasteiger partial charge is 0.254 e. The normalized spacial score (nSPS) is 31.9. The lowest BCUT2D eigenvalue weighted by Gasteiger charge is -2.31. The van der Waals surface area contributed by atoms with Crippen LogP contribution in [0.15, 0.2) is 12.7 Å². The van der Waals surface area contributed by atoms with Crippen molar-refractivity contribution in [3.8, 4) is 0 Å². The molecule has 112 valence electrons. The molecule has 0 aromatic carbocycles. The van der Waals surface area contributed by atoms with Gasteiger partial charge in [-0.2, -0.15) is 0 Å². The molecule has 2 saturated carbocycles. The Morgan fingerprint density at radius 3 is 2.40 bits per heavy atom. The molecule has 0 aliphatic heterocycles. The van der Waals surface area contributed by atoms with Gasteiger partial charge in [-0.15, -0.1) is 10.2 Å². The van der Waals surface area contributed by atoms with E-state index in [4.69, 9.17) is 0 Å². The molecule has 2 aliphatic carbocycles. The summed E-state index contributed by atoms with van der Waals surface area (Å²) in [4.78, 5) is 2.29. The highest BCUT2D eigenvalue weighted by atomic mass is 19.3. The summed E-state index contributed by atoms with van der Waals surface area (Å²) in [5.74, 6) is -1.79. The van der Waals surface area contributed by atoms with Crippen LogP contribution in [0.5, 0.6) is 0 Å². The van der Waals surface area contributed by atoms with E-state index in [1.807, 2.05) is 4.57 Å². The molecule has 2 aliphatic rings. The Labute approximate surface area is 118 Å². The average Bonchev–Trinajstić information content (AvgIpc) is 2.82. The lowest BCUT2D eigenvalue weighted by atomic mass is 9.79. The molecule has 1 spiro atoms. The second-order valence-corrected chi connectivity index (χ2v) is 6.57. The minimum atomic E-state index is -2.36. The first-order chi connectivity index (χ1) is 9.51. The van der Waals surface area contributed by atoms with Crippen LogP contribution in [0.3, 0.4) is 0 Å². The van der Waals surface area contributed by atoms with E-state index in [9.17, 15) is 8.78 Å². The quantitative estimate of drug-likeness (QED) is 0.832. The summed E-state index contributed by atoms with van der Waals surface area (Å²) in [7, 11) is 2.10. The highest BCUT2D eigenvalue weighted by Gasteiger charge is 2.70. The van der Waals surface area contributed by atoms with Crippen molar-refractivity contribution in [2.24, 2.45) is 11.3 Å². The maximum Gasteiger partial charge on any atom is 0.254 e. The summed E-state index contributed by atoms with van der Waals surface area (Å²) in [6, 6.07) is 0. The number of nitrogens with zero attached hydrogens (tertiary/aromatic N) is 4. The predicted octanol–water partition coefficient (Wildman–Crippen LogP) is 2.43. The number of hydrogen-bond donors (Lipinski definition) is 0. The molecule has 20 heavy (non-hydrogen) atoms. The average molecular weight is 284 g/mol.